The Morgan fingerprint density at radius 2 is 1.20 bits per heavy atom. The molecule has 3 aromatic carbocycles. The van der Waals surface area contributed by atoms with Crippen LogP contribution in [0.15, 0.2) is 84.5 Å². The van der Waals surface area contributed by atoms with Crippen LogP contribution in [-0.4, -0.2) is 11.8 Å². The first-order chi connectivity index (χ1) is 16.8. The summed E-state index contributed by atoms with van der Waals surface area (Å²) in [6, 6.07) is 21.8. The van der Waals surface area contributed by atoms with Gasteiger partial charge in [-0.15, -0.1) is 0 Å². The number of imide groups is 1. The van der Waals surface area contributed by atoms with Gasteiger partial charge in [0.25, 0.3) is 0 Å². The summed E-state index contributed by atoms with van der Waals surface area (Å²) in [5.41, 5.74) is 7.21. The molecule has 3 nitrogen and oxygen atoms in total. The number of rotatable bonds is 3. The largest absolute Gasteiger partial charge is 0.274 e. The van der Waals surface area contributed by atoms with Gasteiger partial charge in [0.2, 0.25) is 11.8 Å². The van der Waals surface area contributed by atoms with Crippen LogP contribution in [0.4, 0.5) is 5.69 Å². The Kier molecular flexibility index (Phi) is 5.24. The van der Waals surface area contributed by atoms with E-state index in [1.807, 2.05) is 0 Å². The quantitative estimate of drug-likeness (QED) is 0.286. The van der Waals surface area contributed by atoms with E-state index >= 15 is 0 Å². The number of halogens is 2. The summed E-state index contributed by atoms with van der Waals surface area (Å²) in [6.07, 6.45) is 4.22. The Balaban J connectivity index is 1.49. The van der Waals surface area contributed by atoms with Crippen LogP contribution < -0.4 is 4.90 Å². The molecule has 1 aliphatic heterocycles. The Hall–Kier alpha value is -3.14. The molecule has 0 radical (unpaired) electrons. The third-order valence-electron chi connectivity index (χ3n) is 7.53. The SMILES string of the molecule is Cc1ccc(C(=C2[C@H]3C=C[C@H]2[C@H]2C(=O)N(c4cc(Cl)ccc4Cl)C(=O)[C@@H]23)c2ccc(C)cc2)cc1. The molecule has 0 unspecified atom stereocenters. The van der Waals surface area contributed by atoms with Gasteiger partial charge in [-0.3, -0.25) is 9.59 Å². The fraction of sp³-hybridized carbons (Fsp3) is 0.200. The van der Waals surface area contributed by atoms with Crippen LogP contribution in [0.5, 0.6) is 0 Å². The van der Waals surface area contributed by atoms with E-state index in [0.717, 1.165) is 22.3 Å². The summed E-state index contributed by atoms with van der Waals surface area (Å²) >= 11 is 12.6. The number of fused-ring (bicyclic) bond motifs is 5. The van der Waals surface area contributed by atoms with Crippen molar-refractivity contribution in [3.63, 3.8) is 0 Å². The van der Waals surface area contributed by atoms with Crippen molar-refractivity contribution in [2.45, 2.75) is 13.8 Å². The zero-order chi connectivity index (χ0) is 24.4. The van der Waals surface area contributed by atoms with Gasteiger partial charge in [-0.2, -0.15) is 0 Å². The van der Waals surface area contributed by atoms with E-state index in [0.29, 0.717) is 15.7 Å². The molecule has 0 N–H and O–H groups in total. The van der Waals surface area contributed by atoms with E-state index in [2.05, 4.69) is 74.5 Å². The second kappa shape index (κ2) is 8.22. The van der Waals surface area contributed by atoms with Crippen LogP contribution in [-0.2, 0) is 9.59 Å². The van der Waals surface area contributed by atoms with Crippen molar-refractivity contribution in [2.24, 2.45) is 23.7 Å². The lowest BCUT2D eigenvalue weighted by Gasteiger charge is -2.22. The molecule has 1 heterocycles. The van der Waals surface area contributed by atoms with E-state index in [1.165, 1.54) is 16.0 Å². The Morgan fingerprint density at radius 3 is 1.69 bits per heavy atom. The summed E-state index contributed by atoms with van der Waals surface area (Å²) in [5, 5.41) is 0.775. The molecule has 4 atom stereocenters. The molecule has 1 saturated carbocycles. The fourth-order valence-electron chi connectivity index (χ4n) is 5.93. The van der Waals surface area contributed by atoms with Crippen LogP contribution in [0.2, 0.25) is 10.0 Å². The molecule has 35 heavy (non-hydrogen) atoms. The second-order valence-corrected chi connectivity index (χ2v) is 10.5. The molecule has 2 fully saturated rings. The zero-order valence-corrected chi connectivity index (χ0v) is 20.8. The molecule has 2 bridgehead atoms. The van der Waals surface area contributed by atoms with Crippen molar-refractivity contribution < 1.29 is 9.59 Å². The second-order valence-electron chi connectivity index (χ2n) is 9.66. The predicted molar refractivity (Wildman–Crippen MR) is 140 cm³/mol. The predicted octanol–water partition coefficient (Wildman–Crippen LogP) is 7.03. The number of hydrogen-bond acceptors (Lipinski definition) is 2. The summed E-state index contributed by atoms with van der Waals surface area (Å²) < 4.78 is 0. The van der Waals surface area contributed by atoms with Gasteiger partial charge in [0.1, 0.15) is 0 Å². The number of allylic oxidation sites excluding steroid dienone is 3. The highest BCUT2D eigenvalue weighted by Crippen LogP contribution is 2.59. The van der Waals surface area contributed by atoms with Crippen LogP contribution in [0.3, 0.4) is 0 Å². The maximum absolute atomic E-state index is 13.7. The van der Waals surface area contributed by atoms with Crippen molar-refractivity contribution in [3.05, 3.63) is 117 Å². The number of anilines is 1. The normalized spacial score (nSPS) is 24.5. The Morgan fingerprint density at radius 1 is 0.714 bits per heavy atom. The molecular weight excluding hydrogens is 477 g/mol. The molecule has 3 aromatic rings. The van der Waals surface area contributed by atoms with Gasteiger partial charge in [-0.1, -0.05) is 95.0 Å². The Bertz CT molecular complexity index is 1350. The zero-order valence-electron chi connectivity index (χ0n) is 19.3. The number of carbonyl (C=O) groups is 2. The van der Waals surface area contributed by atoms with Crippen molar-refractivity contribution >= 4 is 46.3 Å². The lowest BCUT2D eigenvalue weighted by Crippen LogP contribution is -2.33. The minimum absolute atomic E-state index is 0.137. The highest BCUT2D eigenvalue weighted by Gasteiger charge is 2.62. The van der Waals surface area contributed by atoms with Crippen LogP contribution in [0.1, 0.15) is 22.3 Å². The van der Waals surface area contributed by atoms with Crippen LogP contribution in [0.25, 0.3) is 5.57 Å². The standard InChI is InChI=1S/C30H23Cl2NO2/c1-16-3-7-18(8-4-16)25(19-9-5-17(2)6-10-19)26-21-12-13-22(26)28-27(21)29(34)33(30(28)35)24-15-20(31)11-14-23(24)32/h3-15,21-22,27-28H,1-2H3/t21-,22-,27-,28-/m1/s1. The maximum Gasteiger partial charge on any atom is 0.238 e. The van der Waals surface area contributed by atoms with Gasteiger partial charge in [0.05, 0.1) is 22.5 Å². The van der Waals surface area contributed by atoms with Gasteiger partial charge in [0.15, 0.2) is 0 Å². The van der Waals surface area contributed by atoms with Gasteiger partial charge >= 0.3 is 0 Å². The van der Waals surface area contributed by atoms with E-state index < -0.39 is 11.8 Å². The lowest BCUT2D eigenvalue weighted by molar-refractivity contribution is -0.122. The number of aryl methyl sites for hydroxylation is 2. The topological polar surface area (TPSA) is 37.4 Å². The van der Waals surface area contributed by atoms with Gasteiger partial charge in [0, 0.05) is 16.9 Å². The van der Waals surface area contributed by atoms with E-state index in [1.54, 1.807) is 18.2 Å². The average molecular weight is 500 g/mol. The number of hydrogen-bond donors (Lipinski definition) is 0. The highest BCUT2D eigenvalue weighted by atomic mass is 35.5. The van der Waals surface area contributed by atoms with Gasteiger partial charge < -0.3 is 0 Å². The average Bonchev–Trinajstić information content (AvgIpc) is 3.47. The first kappa shape index (κ1) is 22.3. The van der Waals surface area contributed by atoms with Crippen molar-refractivity contribution in [1.82, 2.24) is 0 Å². The molecular formula is C30H23Cl2NO2. The Labute approximate surface area is 214 Å². The molecule has 0 spiro atoms. The smallest absolute Gasteiger partial charge is 0.238 e. The summed E-state index contributed by atoms with van der Waals surface area (Å²) in [7, 11) is 0. The van der Waals surface area contributed by atoms with Crippen LogP contribution >= 0.6 is 23.2 Å². The number of benzene rings is 3. The summed E-state index contributed by atoms with van der Waals surface area (Å²) in [4.78, 5) is 28.7. The maximum atomic E-state index is 13.7. The number of amides is 2. The van der Waals surface area contributed by atoms with E-state index in [9.17, 15) is 9.59 Å². The minimum atomic E-state index is -0.437. The third kappa shape index (κ3) is 3.41. The highest BCUT2D eigenvalue weighted by molar-refractivity contribution is 6.38. The molecule has 0 aromatic heterocycles. The number of carbonyl (C=O) groups excluding carboxylic acids is 2. The summed E-state index contributed by atoms with van der Waals surface area (Å²) in [6.45, 7) is 4.14. The first-order valence-electron chi connectivity index (χ1n) is 11.7. The monoisotopic (exact) mass is 499 g/mol. The molecule has 6 rings (SSSR count). The fourth-order valence-corrected chi connectivity index (χ4v) is 6.30. The van der Waals surface area contributed by atoms with Crippen molar-refractivity contribution in [1.29, 1.82) is 0 Å². The number of nitrogens with zero attached hydrogens (tertiary/aromatic N) is 1. The van der Waals surface area contributed by atoms with E-state index in [4.69, 9.17) is 23.2 Å². The molecule has 174 valence electrons. The van der Waals surface area contributed by atoms with Crippen molar-refractivity contribution in [3.8, 4) is 0 Å². The minimum Gasteiger partial charge on any atom is -0.274 e. The van der Waals surface area contributed by atoms with Crippen molar-refractivity contribution in [2.75, 3.05) is 4.90 Å². The van der Waals surface area contributed by atoms with E-state index in [-0.39, 0.29) is 23.7 Å². The third-order valence-corrected chi connectivity index (χ3v) is 8.09. The first-order valence-corrected chi connectivity index (χ1v) is 12.5. The molecule has 2 aliphatic carbocycles. The molecule has 5 heteroatoms. The van der Waals surface area contributed by atoms with Gasteiger partial charge in [-0.25, -0.2) is 4.90 Å². The molecule has 3 aliphatic rings. The molecule has 1 saturated heterocycles. The lowest BCUT2D eigenvalue weighted by atomic mass is 9.85. The summed E-state index contributed by atoms with van der Waals surface area (Å²) in [5.74, 6) is -1.55. The van der Waals surface area contributed by atoms with Gasteiger partial charge in [-0.05, 0) is 54.3 Å². The molecule has 2 amide bonds. The van der Waals surface area contributed by atoms with Crippen LogP contribution in [0, 0.1) is 37.5 Å².